The van der Waals surface area contributed by atoms with E-state index in [-0.39, 0.29) is 10.6 Å². The Kier molecular flexibility index (Phi) is 3.50. The summed E-state index contributed by atoms with van der Waals surface area (Å²) in [4.78, 5) is 16.2. The minimum absolute atomic E-state index is 0.0848. The summed E-state index contributed by atoms with van der Waals surface area (Å²) < 4.78 is 0. The second kappa shape index (κ2) is 5.46. The third kappa shape index (κ3) is 2.68. The minimum Gasteiger partial charge on any atom is -0.258 e. The maximum atomic E-state index is 10.9. The molecule has 0 saturated carbocycles. The van der Waals surface area contributed by atoms with E-state index in [4.69, 9.17) is 0 Å². The van der Waals surface area contributed by atoms with Crippen molar-refractivity contribution in [1.29, 1.82) is 0 Å². The average molecular weight is 296 g/mol. The Hall–Kier alpha value is -2.53. The maximum absolute atomic E-state index is 10.9. The monoisotopic (exact) mass is 296 g/mol. The lowest BCUT2D eigenvalue weighted by molar-refractivity contribution is -0.384. The Labute approximate surface area is 125 Å². The van der Waals surface area contributed by atoms with Crippen LogP contribution in [0, 0.1) is 17.0 Å². The van der Waals surface area contributed by atoms with E-state index in [1.165, 1.54) is 6.07 Å². The van der Waals surface area contributed by atoms with Gasteiger partial charge in [-0.05, 0) is 6.92 Å². The lowest BCUT2D eigenvalue weighted by Gasteiger charge is -1.97. The number of nitro benzene ring substituents is 1. The zero-order valence-corrected chi connectivity index (χ0v) is 12.1. The van der Waals surface area contributed by atoms with Gasteiger partial charge in [-0.1, -0.05) is 42.5 Å². The van der Waals surface area contributed by atoms with Gasteiger partial charge in [-0.25, -0.2) is 4.98 Å². The van der Waals surface area contributed by atoms with Crippen LogP contribution >= 0.6 is 11.3 Å². The third-order valence-corrected chi connectivity index (χ3v) is 4.17. The van der Waals surface area contributed by atoms with Crippen molar-refractivity contribution in [2.45, 2.75) is 6.92 Å². The first-order chi connectivity index (χ1) is 10.1. The molecule has 0 aliphatic rings. The molecule has 5 heteroatoms. The summed E-state index contributed by atoms with van der Waals surface area (Å²) in [5.41, 5.74) is 2.85. The molecule has 0 fully saturated rings. The van der Waals surface area contributed by atoms with E-state index in [0.717, 1.165) is 26.7 Å². The van der Waals surface area contributed by atoms with Crippen LogP contribution in [-0.2, 0) is 0 Å². The van der Waals surface area contributed by atoms with Crippen molar-refractivity contribution in [3.63, 3.8) is 0 Å². The largest absolute Gasteiger partial charge is 0.270 e. The number of nitro groups is 1. The second-order valence-electron chi connectivity index (χ2n) is 4.60. The summed E-state index contributed by atoms with van der Waals surface area (Å²) >= 11 is 1.55. The first kappa shape index (κ1) is 13.5. The van der Waals surface area contributed by atoms with Gasteiger partial charge in [0, 0.05) is 28.1 Å². The molecule has 0 aliphatic heterocycles. The molecule has 0 N–H and O–H groups in total. The third-order valence-electron chi connectivity index (χ3n) is 3.15. The molecule has 3 aromatic rings. The molecule has 4 nitrogen and oxygen atoms in total. The van der Waals surface area contributed by atoms with E-state index in [9.17, 15) is 10.1 Å². The van der Waals surface area contributed by atoms with Gasteiger partial charge in [0.1, 0.15) is 5.01 Å². The van der Waals surface area contributed by atoms with Crippen molar-refractivity contribution in [2.75, 3.05) is 0 Å². The van der Waals surface area contributed by atoms with E-state index in [1.54, 1.807) is 23.5 Å². The molecule has 0 bridgehead atoms. The maximum Gasteiger partial charge on any atom is 0.270 e. The molecule has 0 spiro atoms. The van der Waals surface area contributed by atoms with Crippen LogP contribution in [0.1, 0.15) is 4.88 Å². The number of aryl methyl sites for hydroxylation is 1. The minimum atomic E-state index is -0.387. The molecule has 104 valence electrons. The van der Waals surface area contributed by atoms with Crippen LogP contribution in [0.2, 0.25) is 0 Å². The lowest BCUT2D eigenvalue weighted by Crippen LogP contribution is -1.87. The van der Waals surface area contributed by atoms with Crippen molar-refractivity contribution < 1.29 is 4.92 Å². The van der Waals surface area contributed by atoms with Gasteiger partial charge in [-0.3, -0.25) is 10.1 Å². The summed E-state index contributed by atoms with van der Waals surface area (Å²) in [6.07, 6.45) is 0. The number of rotatable bonds is 3. The Morgan fingerprint density at radius 3 is 2.48 bits per heavy atom. The highest BCUT2D eigenvalue weighted by molar-refractivity contribution is 7.15. The van der Waals surface area contributed by atoms with Crippen molar-refractivity contribution in [2.24, 2.45) is 0 Å². The molecular formula is C16H12N2O2S. The molecule has 0 amide bonds. The fourth-order valence-corrected chi connectivity index (χ4v) is 3.07. The first-order valence-corrected chi connectivity index (χ1v) is 7.24. The molecule has 1 aromatic heterocycles. The highest BCUT2D eigenvalue weighted by Crippen LogP contribution is 2.34. The number of hydrogen-bond acceptors (Lipinski definition) is 4. The van der Waals surface area contributed by atoms with E-state index < -0.39 is 0 Å². The number of aromatic nitrogens is 1. The Balaban J connectivity index is 2.05. The zero-order valence-electron chi connectivity index (χ0n) is 11.3. The Morgan fingerprint density at radius 2 is 1.76 bits per heavy atom. The standard InChI is InChI=1S/C16H12N2O2S/c1-11-15(12-6-3-2-4-7-12)17-16(21-11)13-8-5-9-14(10-13)18(19)20/h2-10H,1H3. The van der Waals surface area contributed by atoms with E-state index in [1.807, 2.05) is 43.3 Å². The number of non-ortho nitro benzene ring substituents is 1. The van der Waals surface area contributed by atoms with Crippen LogP contribution in [-0.4, -0.2) is 9.91 Å². The van der Waals surface area contributed by atoms with E-state index in [0.29, 0.717) is 0 Å². The van der Waals surface area contributed by atoms with Gasteiger partial charge in [0.25, 0.3) is 5.69 Å². The molecule has 21 heavy (non-hydrogen) atoms. The molecule has 3 rings (SSSR count). The fraction of sp³-hybridized carbons (Fsp3) is 0.0625. The normalized spacial score (nSPS) is 10.5. The van der Waals surface area contributed by atoms with Crippen LogP contribution in [0.4, 0.5) is 5.69 Å². The second-order valence-corrected chi connectivity index (χ2v) is 5.80. The van der Waals surface area contributed by atoms with Gasteiger partial charge in [-0.15, -0.1) is 11.3 Å². The average Bonchev–Trinajstić information content (AvgIpc) is 2.90. The predicted octanol–water partition coefficient (Wildman–Crippen LogP) is 4.69. The smallest absolute Gasteiger partial charge is 0.258 e. The molecule has 0 aliphatic carbocycles. The van der Waals surface area contributed by atoms with Gasteiger partial charge in [0.05, 0.1) is 10.6 Å². The summed E-state index contributed by atoms with van der Waals surface area (Å²) in [6, 6.07) is 16.5. The van der Waals surface area contributed by atoms with Gasteiger partial charge >= 0.3 is 0 Å². The highest BCUT2D eigenvalue weighted by atomic mass is 32.1. The Morgan fingerprint density at radius 1 is 1.05 bits per heavy atom. The SMILES string of the molecule is Cc1sc(-c2cccc([N+](=O)[O-])c2)nc1-c1ccccc1. The van der Waals surface area contributed by atoms with Gasteiger partial charge in [0.15, 0.2) is 0 Å². The highest BCUT2D eigenvalue weighted by Gasteiger charge is 2.13. The number of thiazole rings is 1. The quantitative estimate of drug-likeness (QED) is 0.520. The number of hydrogen-bond donors (Lipinski definition) is 0. The molecule has 1 heterocycles. The molecular weight excluding hydrogens is 284 g/mol. The van der Waals surface area contributed by atoms with Crippen molar-refractivity contribution in [3.05, 3.63) is 69.6 Å². The fourth-order valence-electron chi connectivity index (χ4n) is 2.14. The van der Waals surface area contributed by atoms with Crippen molar-refractivity contribution >= 4 is 17.0 Å². The van der Waals surface area contributed by atoms with Gasteiger partial charge in [0.2, 0.25) is 0 Å². The Bertz CT molecular complexity index is 797. The van der Waals surface area contributed by atoms with Crippen LogP contribution < -0.4 is 0 Å². The van der Waals surface area contributed by atoms with Crippen LogP contribution in [0.5, 0.6) is 0 Å². The summed E-state index contributed by atoms with van der Waals surface area (Å²) in [5.74, 6) is 0. The predicted molar refractivity (Wildman–Crippen MR) is 84.4 cm³/mol. The van der Waals surface area contributed by atoms with Crippen LogP contribution in [0.15, 0.2) is 54.6 Å². The van der Waals surface area contributed by atoms with Crippen LogP contribution in [0.3, 0.4) is 0 Å². The molecule has 0 unspecified atom stereocenters. The van der Waals surface area contributed by atoms with Crippen LogP contribution in [0.25, 0.3) is 21.8 Å². The first-order valence-electron chi connectivity index (χ1n) is 6.43. The molecule has 0 radical (unpaired) electrons. The van der Waals surface area contributed by atoms with Gasteiger partial charge in [-0.2, -0.15) is 0 Å². The zero-order chi connectivity index (χ0) is 14.8. The van der Waals surface area contributed by atoms with Gasteiger partial charge < -0.3 is 0 Å². The lowest BCUT2D eigenvalue weighted by atomic mass is 10.1. The molecule has 0 saturated heterocycles. The number of nitrogens with zero attached hydrogens (tertiary/aromatic N) is 2. The van der Waals surface area contributed by atoms with E-state index >= 15 is 0 Å². The summed E-state index contributed by atoms with van der Waals surface area (Å²) in [6.45, 7) is 2.01. The topological polar surface area (TPSA) is 56.0 Å². The summed E-state index contributed by atoms with van der Waals surface area (Å²) in [5, 5.41) is 11.7. The summed E-state index contributed by atoms with van der Waals surface area (Å²) in [7, 11) is 0. The number of benzene rings is 2. The van der Waals surface area contributed by atoms with Crippen molar-refractivity contribution in [3.8, 4) is 21.8 Å². The molecule has 2 aromatic carbocycles. The van der Waals surface area contributed by atoms with E-state index in [2.05, 4.69) is 4.98 Å². The molecule has 0 atom stereocenters. The van der Waals surface area contributed by atoms with Crippen molar-refractivity contribution in [1.82, 2.24) is 4.98 Å².